The lowest BCUT2D eigenvalue weighted by molar-refractivity contribution is -0.120. The highest BCUT2D eigenvalue weighted by Gasteiger charge is 2.28. The van der Waals surface area contributed by atoms with Crippen LogP contribution in [0.15, 0.2) is 77.7 Å². The molecule has 0 aromatic heterocycles. The quantitative estimate of drug-likeness (QED) is 0.461. The molecular formula is C26H30N2O5S. The van der Waals surface area contributed by atoms with Gasteiger partial charge in [-0.2, -0.15) is 0 Å². The summed E-state index contributed by atoms with van der Waals surface area (Å²) in [6, 6.07) is 20.3. The van der Waals surface area contributed by atoms with Crippen molar-refractivity contribution in [2.45, 2.75) is 31.2 Å². The zero-order valence-corrected chi connectivity index (χ0v) is 20.6. The van der Waals surface area contributed by atoms with Crippen LogP contribution in [-0.2, 0) is 14.8 Å². The van der Waals surface area contributed by atoms with Gasteiger partial charge in [0.05, 0.1) is 30.8 Å². The van der Waals surface area contributed by atoms with Gasteiger partial charge in [0.25, 0.3) is 10.0 Å². The van der Waals surface area contributed by atoms with Gasteiger partial charge in [-0.05, 0) is 60.9 Å². The molecular weight excluding hydrogens is 452 g/mol. The summed E-state index contributed by atoms with van der Waals surface area (Å²) in [6.07, 6.45) is 0.608. The highest BCUT2D eigenvalue weighted by Crippen LogP contribution is 2.31. The number of carbonyl (C=O) groups excluding carboxylic acids is 1. The minimum Gasteiger partial charge on any atom is -0.493 e. The summed E-state index contributed by atoms with van der Waals surface area (Å²) in [5.41, 5.74) is 2.16. The van der Waals surface area contributed by atoms with Gasteiger partial charge in [0, 0.05) is 0 Å². The summed E-state index contributed by atoms with van der Waals surface area (Å²) in [5.74, 6) is 0.732. The number of ether oxygens (including phenoxy) is 2. The third-order valence-electron chi connectivity index (χ3n) is 5.46. The number of sulfonamides is 1. The highest BCUT2D eigenvalue weighted by atomic mass is 32.2. The molecule has 0 saturated carbocycles. The van der Waals surface area contributed by atoms with Crippen LogP contribution in [0, 0.1) is 6.92 Å². The maximum atomic E-state index is 13.5. The van der Waals surface area contributed by atoms with Crippen molar-refractivity contribution in [3.8, 4) is 11.5 Å². The number of hydrogen-bond acceptors (Lipinski definition) is 5. The molecule has 3 aromatic rings. The van der Waals surface area contributed by atoms with Gasteiger partial charge in [-0.3, -0.25) is 9.10 Å². The van der Waals surface area contributed by atoms with Crippen molar-refractivity contribution in [2.75, 3.05) is 25.1 Å². The van der Waals surface area contributed by atoms with Crippen molar-refractivity contribution in [3.63, 3.8) is 0 Å². The first-order chi connectivity index (χ1) is 16.3. The first-order valence-corrected chi connectivity index (χ1v) is 12.4. The number of nitrogens with zero attached hydrogens (tertiary/aromatic N) is 1. The molecule has 8 heteroatoms. The molecule has 180 valence electrons. The lowest BCUT2D eigenvalue weighted by atomic mass is 10.0. The molecule has 3 rings (SSSR count). The number of anilines is 1. The van der Waals surface area contributed by atoms with Crippen LogP contribution in [0.2, 0.25) is 0 Å². The molecule has 0 saturated heterocycles. The van der Waals surface area contributed by atoms with E-state index in [1.165, 1.54) is 12.1 Å². The third-order valence-corrected chi connectivity index (χ3v) is 7.25. The molecule has 1 atom stereocenters. The molecule has 0 aliphatic carbocycles. The monoisotopic (exact) mass is 482 g/mol. The summed E-state index contributed by atoms with van der Waals surface area (Å²) < 4.78 is 38.8. The lowest BCUT2D eigenvalue weighted by Crippen LogP contribution is -2.42. The summed E-state index contributed by atoms with van der Waals surface area (Å²) >= 11 is 0. The summed E-state index contributed by atoms with van der Waals surface area (Å²) in [7, 11) is -0.847. The predicted octanol–water partition coefficient (Wildman–Crippen LogP) is 4.48. The third kappa shape index (κ3) is 5.69. The van der Waals surface area contributed by atoms with E-state index in [0.717, 1.165) is 15.4 Å². The number of carbonyl (C=O) groups is 1. The molecule has 3 aromatic carbocycles. The number of nitrogens with one attached hydrogen (secondary N) is 1. The molecule has 0 radical (unpaired) electrons. The minimum atomic E-state index is -3.96. The van der Waals surface area contributed by atoms with E-state index in [4.69, 9.17) is 9.47 Å². The molecule has 7 nitrogen and oxygen atoms in total. The van der Waals surface area contributed by atoms with Gasteiger partial charge in [-0.1, -0.05) is 43.3 Å². The Hall–Kier alpha value is -3.52. The number of methoxy groups -OCH3 is 2. The fraction of sp³-hybridized carbons (Fsp3) is 0.269. The maximum Gasteiger partial charge on any atom is 0.264 e. The molecule has 0 fully saturated rings. The summed E-state index contributed by atoms with van der Waals surface area (Å²) in [6.45, 7) is 3.46. The van der Waals surface area contributed by atoms with Gasteiger partial charge in [0.1, 0.15) is 6.54 Å². The van der Waals surface area contributed by atoms with Crippen molar-refractivity contribution >= 4 is 21.6 Å². The number of benzene rings is 3. The van der Waals surface area contributed by atoms with Gasteiger partial charge in [0.15, 0.2) is 11.5 Å². The standard InChI is InChI=1S/C26H30N2O5S/c1-5-23(20-14-15-24(32-3)25(17-20)33-4)27-26(29)18-28(21-11-9-10-19(2)16-21)34(30,31)22-12-7-6-8-13-22/h6-17,23H,5,18H2,1-4H3,(H,27,29). The Labute approximate surface area is 201 Å². The van der Waals surface area contributed by atoms with Crippen LogP contribution in [-0.4, -0.2) is 35.1 Å². The summed E-state index contributed by atoms with van der Waals surface area (Å²) in [4.78, 5) is 13.3. The summed E-state index contributed by atoms with van der Waals surface area (Å²) in [5, 5.41) is 2.97. The smallest absolute Gasteiger partial charge is 0.264 e. The second kappa shape index (κ2) is 11.1. The van der Waals surface area contributed by atoms with Crippen molar-refractivity contribution < 1.29 is 22.7 Å². The first-order valence-electron chi connectivity index (χ1n) is 11.0. The van der Waals surface area contributed by atoms with E-state index in [1.54, 1.807) is 56.7 Å². The normalized spacial score (nSPS) is 12.0. The lowest BCUT2D eigenvalue weighted by Gasteiger charge is -2.26. The van der Waals surface area contributed by atoms with Crippen molar-refractivity contribution in [1.82, 2.24) is 5.32 Å². The Kier molecular flexibility index (Phi) is 8.17. The van der Waals surface area contributed by atoms with Gasteiger partial charge < -0.3 is 14.8 Å². The molecule has 1 unspecified atom stereocenters. The van der Waals surface area contributed by atoms with Crippen LogP contribution in [0.3, 0.4) is 0 Å². The van der Waals surface area contributed by atoms with E-state index in [1.807, 2.05) is 32.0 Å². The molecule has 34 heavy (non-hydrogen) atoms. The van der Waals surface area contributed by atoms with Gasteiger partial charge >= 0.3 is 0 Å². The van der Waals surface area contributed by atoms with Crippen LogP contribution >= 0.6 is 0 Å². The number of rotatable bonds is 10. The minimum absolute atomic E-state index is 0.122. The molecule has 0 heterocycles. The highest BCUT2D eigenvalue weighted by molar-refractivity contribution is 7.92. The van der Waals surface area contributed by atoms with Crippen LogP contribution in [0.1, 0.15) is 30.5 Å². The Bertz CT molecular complexity index is 1230. The fourth-order valence-electron chi connectivity index (χ4n) is 3.68. The second-order valence-electron chi connectivity index (χ2n) is 7.81. The SMILES string of the molecule is CCC(NC(=O)CN(c1cccc(C)c1)S(=O)(=O)c1ccccc1)c1ccc(OC)c(OC)c1. The van der Waals surface area contributed by atoms with E-state index < -0.39 is 15.9 Å². The van der Waals surface area contributed by atoms with Gasteiger partial charge in [-0.15, -0.1) is 0 Å². The molecule has 1 N–H and O–H groups in total. The molecule has 1 amide bonds. The number of hydrogen-bond donors (Lipinski definition) is 1. The van der Waals surface area contributed by atoms with Crippen molar-refractivity contribution in [2.24, 2.45) is 0 Å². The van der Waals surface area contributed by atoms with Crippen molar-refractivity contribution in [1.29, 1.82) is 0 Å². The van der Waals surface area contributed by atoms with Crippen LogP contribution in [0.25, 0.3) is 0 Å². The van der Waals surface area contributed by atoms with E-state index in [0.29, 0.717) is 23.6 Å². The van der Waals surface area contributed by atoms with E-state index in [9.17, 15) is 13.2 Å². The fourth-order valence-corrected chi connectivity index (χ4v) is 5.11. The predicted molar refractivity (Wildman–Crippen MR) is 133 cm³/mol. The van der Waals surface area contributed by atoms with E-state index in [2.05, 4.69) is 5.32 Å². The molecule has 0 aliphatic heterocycles. The van der Waals surface area contributed by atoms with Crippen LogP contribution in [0.5, 0.6) is 11.5 Å². The second-order valence-corrected chi connectivity index (χ2v) is 9.67. The molecule has 0 bridgehead atoms. The zero-order valence-electron chi connectivity index (χ0n) is 19.8. The van der Waals surface area contributed by atoms with Gasteiger partial charge in [0.2, 0.25) is 5.91 Å². The Balaban J connectivity index is 1.90. The zero-order chi connectivity index (χ0) is 24.7. The number of aryl methyl sites for hydroxylation is 1. The average Bonchev–Trinajstić information content (AvgIpc) is 2.85. The molecule has 0 spiro atoms. The largest absolute Gasteiger partial charge is 0.493 e. The Morgan fingerprint density at radius 3 is 2.26 bits per heavy atom. The van der Waals surface area contributed by atoms with Crippen molar-refractivity contribution in [3.05, 3.63) is 83.9 Å². The van der Waals surface area contributed by atoms with E-state index >= 15 is 0 Å². The topological polar surface area (TPSA) is 84.9 Å². The average molecular weight is 483 g/mol. The van der Waals surface area contributed by atoms with Gasteiger partial charge in [-0.25, -0.2) is 8.42 Å². The Morgan fingerprint density at radius 1 is 0.941 bits per heavy atom. The Morgan fingerprint density at radius 2 is 1.65 bits per heavy atom. The molecule has 0 aliphatic rings. The first kappa shape index (κ1) is 25.1. The van der Waals surface area contributed by atoms with Crippen LogP contribution < -0.4 is 19.1 Å². The number of amides is 1. The van der Waals surface area contributed by atoms with E-state index in [-0.39, 0.29) is 17.5 Å². The van der Waals surface area contributed by atoms with Crippen LogP contribution in [0.4, 0.5) is 5.69 Å². The maximum absolute atomic E-state index is 13.5.